The van der Waals surface area contributed by atoms with Crippen molar-refractivity contribution in [2.24, 2.45) is 5.41 Å². The molecule has 0 fully saturated rings. The summed E-state index contributed by atoms with van der Waals surface area (Å²) in [6.45, 7) is 4.89. The van der Waals surface area contributed by atoms with E-state index < -0.39 is 0 Å². The maximum Gasteiger partial charge on any atom is 0.223 e. The summed E-state index contributed by atoms with van der Waals surface area (Å²) in [6.07, 6.45) is 3.05. The number of Topliss-reactive ketones (excluding diaryl/α,β-unsaturated/α-hetero) is 1. The molecule has 0 spiro atoms. The van der Waals surface area contributed by atoms with Gasteiger partial charge in [0.05, 0.1) is 11.3 Å². The fraction of sp³-hybridized carbons (Fsp3) is 0.353. The zero-order valence-corrected chi connectivity index (χ0v) is 12.4. The Morgan fingerprint density at radius 2 is 1.95 bits per heavy atom. The number of fused-ring (bicyclic) bond motifs is 1. The minimum atomic E-state index is -0.0187. The molecule has 1 heterocycles. The van der Waals surface area contributed by atoms with Crippen LogP contribution in [0.3, 0.4) is 0 Å². The van der Waals surface area contributed by atoms with Gasteiger partial charge in [0, 0.05) is 19.2 Å². The highest BCUT2D eigenvalue weighted by Gasteiger charge is 2.32. The van der Waals surface area contributed by atoms with Crippen molar-refractivity contribution in [3.8, 4) is 0 Å². The molecule has 1 aromatic carbocycles. The highest BCUT2D eigenvalue weighted by molar-refractivity contribution is 5.98. The van der Waals surface area contributed by atoms with Crippen molar-refractivity contribution in [1.82, 2.24) is 9.97 Å². The van der Waals surface area contributed by atoms with Crippen molar-refractivity contribution in [1.29, 1.82) is 0 Å². The van der Waals surface area contributed by atoms with Crippen molar-refractivity contribution >= 4 is 11.7 Å². The van der Waals surface area contributed by atoms with Gasteiger partial charge in [-0.25, -0.2) is 9.97 Å². The second kappa shape index (κ2) is 5.28. The van der Waals surface area contributed by atoms with Gasteiger partial charge in [0.2, 0.25) is 5.95 Å². The number of rotatable bonds is 3. The van der Waals surface area contributed by atoms with Gasteiger partial charge < -0.3 is 5.32 Å². The molecule has 1 aliphatic rings. The lowest BCUT2D eigenvalue weighted by molar-refractivity contribution is 0.0910. The second-order valence-electron chi connectivity index (χ2n) is 6.33. The molecule has 4 heteroatoms. The number of carbonyl (C=O) groups excluding carboxylic acids is 1. The summed E-state index contributed by atoms with van der Waals surface area (Å²) in [4.78, 5) is 20.9. The molecule has 0 saturated carbocycles. The number of nitrogens with one attached hydrogen (secondary N) is 1. The Labute approximate surface area is 124 Å². The van der Waals surface area contributed by atoms with Crippen molar-refractivity contribution in [2.75, 3.05) is 5.32 Å². The van der Waals surface area contributed by atoms with Gasteiger partial charge in [-0.15, -0.1) is 0 Å². The molecule has 21 heavy (non-hydrogen) atoms. The quantitative estimate of drug-likeness (QED) is 0.938. The topological polar surface area (TPSA) is 54.9 Å². The predicted molar refractivity (Wildman–Crippen MR) is 82.2 cm³/mol. The maximum atomic E-state index is 12.1. The van der Waals surface area contributed by atoms with Crippen molar-refractivity contribution < 1.29 is 4.79 Å². The van der Waals surface area contributed by atoms with E-state index in [4.69, 9.17) is 0 Å². The molecule has 0 bridgehead atoms. The van der Waals surface area contributed by atoms with Crippen LogP contribution in [0.5, 0.6) is 0 Å². The normalized spacial score (nSPS) is 16.4. The summed E-state index contributed by atoms with van der Waals surface area (Å²) in [5, 5.41) is 3.22. The van der Waals surface area contributed by atoms with E-state index in [2.05, 4.69) is 41.3 Å². The maximum absolute atomic E-state index is 12.1. The van der Waals surface area contributed by atoms with Gasteiger partial charge in [0.25, 0.3) is 0 Å². The van der Waals surface area contributed by atoms with Crippen LogP contribution in [-0.4, -0.2) is 15.8 Å². The lowest BCUT2D eigenvalue weighted by atomic mass is 9.76. The predicted octanol–water partition coefficient (Wildman–Crippen LogP) is 3.24. The number of hydrogen-bond acceptors (Lipinski definition) is 4. The molecular formula is C17H19N3O. The van der Waals surface area contributed by atoms with E-state index in [0.717, 1.165) is 12.1 Å². The van der Waals surface area contributed by atoms with E-state index in [0.29, 0.717) is 24.5 Å². The van der Waals surface area contributed by atoms with E-state index in [1.165, 1.54) is 5.56 Å². The molecule has 0 saturated heterocycles. The van der Waals surface area contributed by atoms with Crippen molar-refractivity contribution in [2.45, 2.75) is 33.2 Å². The lowest BCUT2D eigenvalue weighted by Crippen LogP contribution is -2.28. The van der Waals surface area contributed by atoms with E-state index >= 15 is 0 Å². The molecule has 0 atom stereocenters. The van der Waals surface area contributed by atoms with Gasteiger partial charge >= 0.3 is 0 Å². The first kappa shape index (κ1) is 13.7. The molecule has 4 nitrogen and oxygen atoms in total. The van der Waals surface area contributed by atoms with Crippen LogP contribution in [0.4, 0.5) is 5.95 Å². The van der Waals surface area contributed by atoms with Gasteiger partial charge in [0.1, 0.15) is 0 Å². The number of ketones is 1. The molecule has 0 aliphatic heterocycles. The van der Waals surface area contributed by atoms with Crippen LogP contribution < -0.4 is 5.32 Å². The highest BCUT2D eigenvalue weighted by atomic mass is 16.1. The molecule has 2 aromatic rings. The minimum absolute atomic E-state index is 0.0187. The summed E-state index contributed by atoms with van der Waals surface area (Å²) in [5.74, 6) is 0.735. The summed E-state index contributed by atoms with van der Waals surface area (Å²) in [6, 6.07) is 10.1. The van der Waals surface area contributed by atoms with E-state index in [-0.39, 0.29) is 11.2 Å². The zero-order chi connectivity index (χ0) is 14.9. The lowest BCUT2D eigenvalue weighted by Gasteiger charge is -2.29. The summed E-state index contributed by atoms with van der Waals surface area (Å²) in [5.41, 5.74) is 2.70. The third kappa shape index (κ3) is 3.10. The van der Waals surface area contributed by atoms with Gasteiger partial charge in [-0.1, -0.05) is 44.2 Å². The summed E-state index contributed by atoms with van der Waals surface area (Å²) < 4.78 is 0. The highest BCUT2D eigenvalue weighted by Crippen LogP contribution is 2.33. The van der Waals surface area contributed by atoms with E-state index in [1.807, 2.05) is 18.2 Å². The third-order valence-corrected chi connectivity index (χ3v) is 3.75. The molecule has 108 valence electrons. The van der Waals surface area contributed by atoms with Crippen LogP contribution in [0.25, 0.3) is 0 Å². The standard InChI is InChI=1S/C17H19N3O/c1-17(2)8-14-13(15(21)9-17)11-19-16(20-14)18-10-12-6-4-3-5-7-12/h3-7,11H,8-10H2,1-2H3,(H,18,19,20). The van der Waals surface area contributed by atoms with Crippen LogP contribution in [0.2, 0.25) is 0 Å². The van der Waals surface area contributed by atoms with Crippen LogP contribution >= 0.6 is 0 Å². The van der Waals surface area contributed by atoms with Crippen LogP contribution in [-0.2, 0) is 13.0 Å². The van der Waals surface area contributed by atoms with Crippen LogP contribution in [0, 0.1) is 5.41 Å². The first-order valence-corrected chi connectivity index (χ1v) is 7.20. The zero-order valence-electron chi connectivity index (χ0n) is 12.4. The Morgan fingerprint density at radius 1 is 1.19 bits per heavy atom. The van der Waals surface area contributed by atoms with Crippen LogP contribution in [0.1, 0.15) is 41.9 Å². The van der Waals surface area contributed by atoms with Gasteiger partial charge in [-0.2, -0.15) is 0 Å². The molecule has 0 amide bonds. The molecule has 1 aliphatic carbocycles. The molecule has 3 rings (SSSR count). The first-order valence-electron chi connectivity index (χ1n) is 7.20. The summed E-state index contributed by atoms with van der Waals surface area (Å²) >= 11 is 0. The summed E-state index contributed by atoms with van der Waals surface area (Å²) in [7, 11) is 0. The number of anilines is 1. The van der Waals surface area contributed by atoms with Gasteiger partial charge in [-0.05, 0) is 17.4 Å². The Morgan fingerprint density at radius 3 is 2.71 bits per heavy atom. The van der Waals surface area contributed by atoms with E-state index in [9.17, 15) is 4.79 Å². The number of nitrogens with zero attached hydrogens (tertiary/aromatic N) is 2. The Hall–Kier alpha value is -2.23. The molecule has 1 N–H and O–H groups in total. The molecule has 0 radical (unpaired) electrons. The number of aromatic nitrogens is 2. The monoisotopic (exact) mass is 281 g/mol. The minimum Gasteiger partial charge on any atom is -0.350 e. The van der Waals surface area contributed by atoms with Crippen LogP contribution in [0.15, 0.2) is 36.5 Å². The first-order chi connectivity index (χ1) is 10.0. The molecule has 0 unspecified atom stereocenters. The van der Waals surface area contributed by atoms with Gasteiger partial charge in [0.15, 0.2) is 5.78 Å². The Bertz CT molecular complexity index is 665. The van der Waals surface area contributed by atoms with Crippen molar-refractivity contribution in [3.63, 3.8) is 0 Å². The molecule has 1 aromatic heterocycles. The Kier molecular flexibility index (Phi) is 3.45. The SMILES string of the molecule is CC1(C)CC(=O)c2cnc(NCc3ccccc3)nc2C1. The molecular weight excluding hydrogens is 262 g/mol. The number of carbonyl (C=O) groups is 1. The third-order valence-electron chi connectivity index (χ3n) is 3.75. The second-order valence-corrected chi connectivity index (χ2v) is 6.33. The number of benzene rings is 1. The largest absolute Gasteiger partial charge is 0.350 e. The fourth-order valence-electron chi connectivity index (χ4n) is 2.69. The average Bonchev–Trinajstić information content (AvgIpc) is 2.44. The van der Waals surface area contributed by atoms with E-state index in [1.54, 1.807) is 6.20 Å². The fourth-order valence-corrected chi connectivity index (χ4v) is 2.69. The Balaban J connectivity index is 1.78. The smallest absolute Gasteiger partial charge is 0.223 e. The average molecular weight is 281 g/mol. The van der Waals surface area contributed by atoms with Gasteiger partial charge in [-0.3, -0.25) is 4.79 Å². The van der Waals surface area contributed by atoms with Crippen molar-refractivity contribution in [3.05, 3.63) is 53.3 Å². The number of hydrogen-bond donors (Lipinski definition) is 1.